The third kappa shape index (κ3) is 5.43. The van der Waals surface area contributed by atoms with Crippen molar-refractivity contribution in [3.63, 3.8) is 0 Å². The number of rotatable bonds is 3. The van der Waals surface area contributed by atoms with Crippen LogP contribution in [0.25, 0.3) is 22.2 Å². The van der Waals surface area contributed by atoms with Gasteiger partial charge < -0.3 is 24.3 Å². The van der Waals surface area contributed by atoms with Crippen LogP contribution >= 0.6 is 0 Å². The maximum Gasteiger partial charge on any atom is 0.413 e. The second kappa shape index (κ2) is 10.9. The average Bonchev–Trinajstić information content (AvgIpc) is 3.25. The molecule has 0 radical (unpaired) electrons. The molecule has 2 N–H and O–H groups in total. The highest BCUT2D eigenvalue weighted by Gasteiger charge is 2.35. The highest BCUT2D eigenvalue weighted by molar-refractivity contribution is 5.88. The molecule has 0 spiro atoms. The Balaban J connectivity index is 1.25. The van der Waals surface area contributed by atoms with Gasteiger partial charge in [-0.1, -0.05) is 24.3 Å². The first-order chi connectivity index (χ1) is 19.9. The third-order valence-electron chi connectivity index (χ3n) is 7.46. The van der Waals surface area contributed by atoms with Gasteiger partial charge in [0.15, 0.2) is 0 Å². The monoisotopic (exact) mass is 557 g/mol. The Hall–Kier alpha value is -4.93. The van der Waals surface area contributed by atoms with Crippen LogP contribution in [0.3, 0.4) is 0 Å². The number of anilines is 1. The zero-order chi connectivity index (χ0) is 28.5. The van der Waals surface area contributed by atoms with E-state index in [1.54, 1.807) is 21.9 Å². The van der Waals surface area contributed by atoms with Crippen LogP contribution in [-0.4, -0.2) is 64.5 Å². The minimum atomic E-state index is -0.616. The average molecular weight is 558 g/mol. The molecule has 3 aromatic carbocycles. The van der Waals surface area contributed by atoms with Crippen molar-refractivity contribution in [3.05, 3.63) is 77.6 Å². The van der Waals surface area contributed by atoms with Gasteiger partial charge in [0.2, 0.25) is 5.95 Å². The molecule has 3 amide bonds. The van der Waals surface area contributed by atoms with Crippen LogP contribution in [-0.2, 0) is 16.1 Å². The first-order valence-electron chi connectivity index (χ1n) is 13.3. The molecule has 0 bridgehead atoms. The zero-order valence-electron chi connectivity index (χ0n) is 22.4. The molecule has 1 fully saturated rings. The summed E-state index contributed by atoms with van der Waals surface area (Å²) in [6, 6.07) is 16.9. The molecule has 3 heterocycles. The fraction of sp³-hybridized carbons (Fsp3) is 0.267. The van der Waals surface area contributed by atoms with Crippen molar-refractivity contribution in [2.45, 2.75) is 25.4 Å². The van der Waals surface area contributed by atoms with E-state index in [2.05, 4.69) is 20.0 Å². The van der Waals surface area contributed by atoms with Crippen molar-refractivity contribution in [1.82, 2.24) is 19.8 Å². The number of fused-ring (bicyclic) bond motifs is 2. The number of carbonyl (C=O) groups excluding carboxylic acids is 3. The van der Waals surface area contributed by atoms with Crippen molar-refractivity contribution in [3.8, 4) is 16.9 Å². The van der Waals surface area contributed by atoms with Gasteiger partial charge in [-0.3, -0.25) is 10.1 Å². The summed E-state index contributed by atoms with van der Waals surface area (Å²) in [5, 5.41) is 2.53. The number of carbonyl (C=O) groups is 3. The molecular weight excluding hydrogens is 529 g/mol. The van der Waals surface area contributed by atoms with E-state index in [4.69, 9.17) is 4.74 Å². The topological polar surface area (TPSA) is 117 Å². The minimum absolute atomic E-state index is 0.0833. The predicted octanol–water partition coefficient (Wildman–Crippen LogP) is 5.27. The number of H-pyrrole nitrogens is 1. The number of likely N-dealkylation sites (tertiary alicyclic amines) is 1. The number of Topliss-reactive ketones (excluding diaryl/α,β-unsaturated/α-hetero) is 1. The van der Waals surface area contributed by atoms with E-state index in [1.165, 1.54) is 19.2 Å². The molecule has 1 unspecified atom stereocenters. The van der Waals surface area contributed by atoms with E-state index in [-0.39, 0.29) is 30.0 Å². The van der Waals surface area contributed by atoms with Crippen molar-refractivity contribution < 1.29 is 28.2 Å². The number of nitrogens with zero attached hydrogens (tertiary/aromatic N) is 3. The van der Waals surface area contributed by atoms with Gasteiger partial charge >= 0.3 is 12.1 Å². The van der Waals surface area contributed by atoms with Gasteiger partial charge in [-0.2, -0.15) is 0 Å². The normalized spacial score (nSPS) is 17.0. The molecule has 11 heteroatoms. The van der Waals surface area contributed by atoms with Crippen LogP contribution in [0.2, 0.25) is 0 Å². The summed E-state index contributed by atoms with van der Waals surface area (Å²) in [6.07, 6.45) is -0.120. The Bertz CT molecular complexity index is 1640. The lowest BCUT2D eigenvalue weighted by molar-refractivity contribution is -0.122. The predicted molar refractivity (Wildman–Crippen MR) is 149 cm³/mol. The number of hydrogen-bond donors (Lipinski definition) is 2. The van der Waals surface area contributed by atoms with Crippen LogP contribution in [0, 0.1) is 5.82 Å². The molecule has 2 aliphatic rings. The van der Waals surface area contributed by atoms with E-state index >= 15 is 0 Å². The standard InChI is InChI=1S/C30H28FN5O5/c1-40-29(38)34-28-32-24-8-4-20(15-25(24)33-28)19-5-9-27-21(14-19)17-35(12-13-41-27)30(39)36-11-10-23(37)16-26(36)18-2-6-22(31)7-3-18/h2-9,14-15,26H,10-13,16-17H2,1H3,(H2,32,33,34,38). The number of aromatic nitrogens is 2. The smallest absolute Gasteiger partial charge is 0.413 e. The number of benzene rings is 3. The molecule has 0 aliphatic carbocycles. The van der Waals surface area contributed by atoms with Gasteiger partial charge in [0.1, 0.15) is 24.0 Å². The van der Waals surface area contributed by atoms with Crippen LogP contribution in [0.4, 0.5) is 19.9 Å². The number of piperidine rings is 1. The number of nitrogens with one attached hydrogen (secondary N) is 2. The Morgan fingerprint density at radius 3 is 2.66 bits per heavy atom. The highest BCUT2D eigenvalue weighted by atomic mass is 19.1. The summed E-state index contributed by atoms with van der Waals surface area (Å²) in [6.45, 7) is 1.37. The summed E-state index contributed by atoms with van der Waals surface area (Å²) in [7, 11) is 1.28. The van der Waals surface area contributed by atoms with Crippen LogP contribution < -0.4 is 10.1 Å². The first kappa shape index (κ1) is 26.3. The zero-order valence-corrected chi connectivity index (χ0v) is 22.4. The van der Waals surface area contributed by atoms with Gasteiger partial charge in [-0.05, 0) is 53.1 Å². The molecule has 1 atom stereocenters. The number of imidazole rings is 1. The van der Waals surface area contributed by atoms with Gasteiger partial charge in [0, 0.05) is 24.9 Å². The summed E-state index contributed by atoms with van der Waals surface area (Å²) in [5.74, 6) is 0.711. The molecule has 6 rings (SSSR count). The fourth-order valence-electron chi connectivity index (χ4n) is 5.36. The maximum absolute atomic E-state index is 13.8. The Labute approximate surface area is 235 Å². The number of ether oxygens (including phenoxy) is 2. The molecule has 0 saturated carbocycles. The van der Waals surface area contributed by atoms with Gasteiger partial charge in [0.25, 0.3) is 0 Å². The number of amides is 3. The van der Waals surface area contributed by atoms with E-state index in [0.29, 0.717) is 43.9 Å². The summed E-state index contributed by atoms with van der Waals surface area (Å²) < 4.78 is 24.2. The second-order valence-electron chi connectivity index (χ2n) is 10.1. The summed E-state index contributed by atoms with van der Waals surface area (Å²) in [4.78, 5) is 48.6. The van der Waals surface area contributed by atoms with Crippen molar-refractivity contribution in [2.24, 2.45) is 0 Å². The first-order valence-corrected chi connectivity index (χ1v) is 13.3. The van der Waals surface area contributed by atoms with Crippen LogP contribution in [0.5, 0.6) is 5.75 Å². The van der Waals surface area contributed by atoms with Crippen molar-refractivity contribution in [1.29, 1.82) is 0 Å². The number of halogens is 1. The lowest BCUT2D eigenvalue weighted by Gasteiger charge is -2.38. The largest absolute Gasteiger partial charge is 0.491 e. The molecular formula is C30H28FN5O5. The number of hydrogen-bond acceptors (Lipinski definition) is 6. The lowest BCUT2D eigenvalue weighted by Crippen LogP contribution is -2.48. The number of urea groups is 1. The highest BCUT2D eigenvalue weighted by Crippen LogP contribution is 2.34. The number of methoxy groups -OCH3 is 1. The van der Waals surface area contributed by atoms with Crippen molar-refractivity contribution >= 4 is 34.9 Å². The van der Waals surface area contributed by atoms with E-state index in [9.17, 15) is 18.8 Å². The maximum atomic E-state index is 13.8. The SMILES string of the molecule is COC(=O)Nc1nc2ccc(-c3ccc4c(c3)CN(C(=O)N3CCC(=O)CC3c3ccc(F)cc3)CCO4)cc2[nH]1. The number of ketones is 1. The molecule has 4 aromatic rings. The van der Waals surface area contributed by atoms with Crippen LogP contribution in [0.1, 0.15) is 30.0 Å². The van der Waals surface area contributed by atoms with E-state index < -0.39 is 12.1 Å². The Kier molecular flexibility index (Phi) is 7.00. The molecule has 10 nitrogen and oxygen atoms in total. The lowest BCUT2D eigenvalue weighted by atomic mass is 9.94. The molecule has 41 heavy (non-hydrogen) atoms. The van der Waals surface area contributed by atoms with Gasteiger partial charge in [-0.15, -0.1) is 0 Å². The van der Waals surface area contributed by atoms with Crippen molar-refractivity contribution in [2.75, 3.05) is 32.1 Å². The van der Waals surface area contributed by atoms with Crippen LogP contribution in [0.15, 0.2) is 60.7 Å². The summed E-state index contributed by atoms with van der Waals surface area (Å²) >= 11 is 0. The fourth-order valence-corrected chi connectivity index (χ4v) is 5.36. The second-order valence-corrected chi connectivity index (χ2v) is 10.1. The Morgan fingerprint density at radius 1 is 1.07 bits per heavy atom. The molecule has 1 aromatic heterocycles. The summed E-state index contributed by atoms with van der Waals surface area (Å²) in [5.41, 5.74) is 4.86. The van der Waals surface area contributed by atoms with E-state index in [1.807, 2.05) is 36.4 Å². The van der Waals surface area contributed by atoms with Gasteiger partial charge in [0.05, 0.1) is 37.3 Å². The Morgan fingerprint density at radius 2 is 1.85 bits per heavy atom. The van der Waals surface area contributed by atoms with Gasteiger partial charge in [-0.25, -0.2) is 19.0 Å². The third-order valence-corrected chi connectivity index (χ3v) is 7.46. The molecule has 210 valence electrons. The quantitative estimate of drug-likeness (QED) is 0.355. The van der Waals surface area contributed by atoms with E-state index in [0.717, 1.165) is 27.8 Å². The number of aromatic amines is 1. The minimum Gasteiger partial charge on any atom is -0.491 e. The molecule has 2 aliphatic heterocycles. The molecule has 1 saturated heterocycles.